The fourth-order valence-corrected chi connectivity index (χ4v) is 4.68. The quantitative estimate of drug-likeness (QED) is 0.589. The van der Waals surface area contributed by atoms with E-state index in [4.69, 9.17) is 10.1 Å². The molecule has 0 radical (unpaired) electrons. The van der Waals surface area contributed by atoms with Crippen LogP contribution in [0.3, 0.4) is 0 Å². The molecule has 6 nitrogen and oxygen atoms in total. The maximum Gasteiger partial charge on any atom is 0.410 e. The molecule has 3 rings (SSSR count). The van der Waals surface area contributed by atoms with Gasteiger partial charge in [-0.3, -0.25) is 0 Å². The van der Waals surface area contributed by atoms with Crippen LogP contribution in [0.2, 0.25) is 0 Å². The highest BCUT2D eigenvalue weighted by Crippen LogP contribution is 2.27. The number of benzene rings is 1. The molecule has 0 bridgehead atoms. The lowest BCUT2D eigenvalue weighted by Gasteiger charge is -2.42. The second-order valence-electron chi connectivity index (χ2n) is 9.47. The summed E-state index contributed by atoms with van der Waals surface area (Å²) in [5.74, 6) is 0. The summed E-state index contributed by atoms with van der Waals surface area (Å²) >= 11 is 3.51. The van der Waals surface area contributed by atoms with E-state index in [1.54, 1.807) is 0 Å². The van der Waals surface area contributed by atoms with Crippen molar-refractivity contribution in [2.24, 2.45) is 0 Å². The van der Waals surface area contributed by atoms with E-state index in [2.05, 4.69) is 32.2 Å². The lowest BCUT2D eigenvalue weighted by Crippen LogP contribution is -2.51. The molecular formula is C23H35BrN4O2. The lowest BCUT2D eigenvalue weighted by molar-refractivity contribution is 0.0129. The van der Waals surface area contributed by atoms with E-state index < -0.39 is 5.60 Å². The Labute approximate surface area is 189 Å². The van der Waals surface area contributed by atoms with Crippen molar-refractivity contribution >= 4 is 33.4 Å². The number of hydrogen-bond donors (Lipinski definition) is 2. The Balaban J connectivity index is 1.47. The van der Waals surface area contributed by atoms with Gasteiger partial charge in [-0.25, -0.2) is 4.79 Å². The molecule has 0 unspecified atom stereocenters. The van der Waals surface area contributed by atoms with Crippen molar-refractivity contribution in [2.45, 2.75) is 71.1 Å². The van der Waals surface area contributed by atoms with E-state index in [0.717, 1.165) is 67.6 Å². The van der Waals surface area contributed by atoms with E-state index in [1.807, 2.05) is 44.7 Å². The molecule has 0 saturated carbocycles. The summed E-state index contributed by atoms with van der Waals surface area (Å²) < 4.78 is 6.51. The van der Waals surface area contributed by atoms with Crippen molar-refractivity contribution in [1.29, 1.82) is 5.41 Å². The van der Waals surface area contributed by atoms with E-state index in [9.17, 15) is 4.79 Å². The molecule has 2 heterocycles. The number of nitrogens with one attached hydrogen (secondary N) is 2. The number of nitrogens with zero attached hydrogens (tertiary/aromatic N) is 2. The van der Waals surface area contributed by atoms with E-state index in [1.165, 1.54) is 0 Å². The number of hydrogen-bond acceptors (Lipinski definition) is 5. The monoisotopic (exact) mass is 478 g/mol. The van der Waals surface area contributed by atoms with Gasteiger partial charge in [0.05, 0.1) is 0 Å². The molecule has 0 aliphatic carbocycles. The van der Waals surface area contributed by atoms with Crippen LogP contribution in [0, 0.1) is 5.41 Å². The summed E-state index contributed by atoms with van der Waals surface area (Å²) in [6, 6.07) is 7.09. The minimum absolute atomic E-state index is 0.185. The van der Waals surface area contributed by atoms with Gasteiger partial charge in [-0.05, 0) is 71.6 Å². The average Bonchev–Trinajstić information content (AvgIpc) is 2.68. The first-order valence-electron chi connectivity index (χ1n) is 11.0. The van der Waals surface area contributed by atoms with Crippen LogP contribution in [0.15, 0.2) is 22.7 Å². The van der Waals surface area contributed by atoms with Crippen molar-refractivity contribution in [2.75, 3.05) is 31.5 Å². The molecule has 2 N–H and O–H groups in total. The van der Waals surface area contributed by atoms with Gasteiger partial charge in [0.1, 0.15) is 5.60 Å². The van der Waals surface area contributed by atoms with Gasteiger partial charge in [0, 0.05) is 59.7 Å². The standard InChI is InChI=1S/C23H35BrN4O2/c1-16(25)20-15-17(24)5-6-21(20)26-18-7-11-27(12-8-18)19-9-13-28(14-10-19)22(29)30-23(2,3)4/h5-6,15,18-19,25-26H,7-14H2,1-4H3. The number of anilines is 1. The third-order valence-electron chi connectivity index (χ3n) is 5.91. The first-order chi connectivity index (χ1) is 14.1. The first kappa shape index (κ1) is 23.1. The Kier molecular flexibility index (Phi) is 7.45. The van der Waals surface area contributed by atoms with Crippen LogP contribution in [0.25, 0.3) is 0 Å². The molecule has 1 aromatic rings. The molecule has 1 amide bonds. The second kappa shape index (κ2) is 9.69. The van der Waals surface area contributed by atoms with Crippen LogP contribution in [0.5, 0.6) is 0 Å². The van der Waals surface area contributed by atoms with E-state index in [-0.39, 0.29) is 6.09 Å². The van der Waals surface area contributed by atoms with Gasteiger partial charge < -0.3 is 25.3 Å². The van der Waals surface area contributed by atoms with Gasteiger partial charge >= 0.3 is 6.09 Å². The summed E-state index contributed by atoms with van der Waals surface area (Å²) in [5.41, 5.74) is 2.15. The molecule has 1 aromatic carbocycles. The number of piperidine rings is 2. The minimum Gasteiger partial charge on any atom is -0.444 e. The number of amides is 1. The van der Waals surface area contributed by atoms with Gasteiger partial charge in [-0.1, -0.05) is 15.9 Å². The molecule has 0 atom stereocenters. The van der Waals surface area contributed by atoms with Crippen LogP contribution < -0.4 is 5.32 Å². The molecule has 7 heteroatoms. The van der Waals surface area contributed by atoms with E-state index >= 15 is 0 Å². The maximum absolute atomic E-state index is 12.3. The Morgan fingerprint density at radius 1 is 1.13 bits per heavy atom. The average molecular weight is 479 g/mol. The van der Waals surface area contributed by atoms with Gasteiger partial charge in [-0.2, -0.15) is 0 Å². The summed E-state index contributed by atoms with van der Waals surface area (Å²) in [5, 5.41) is 11.7. The molecule has 2 aliphatic heterocycles. The molecule has 30 heavy (non-hydrogen) atoms. The smallest absolute Gasteiger partial charge is 0.410 e. The number of rotatable bonds is 4. The number of likely N-dealkylation sites (tertiary alicyclic amines) is 2. The highest BCUT2D eigenvalue weighted by Gasteiger charge is 2.31. The Bertz CT molecular complexity index is 761. The fraction of sp³-hybridized carbons (Fsp3) is 0.652. The second-order valence-corrected chi connectivity index (χ2v) is 10.4. The predicted octanol–water partition coefficient (Wildman–Crippen LogP) is 5.11. The van der Waals surface area contributed by atoms with Crippen LogP contribution in [0.1, 0.15) is 58.9 Å². The van der Waals surface area contributed by atoms with Crippen LogP contribution in [-0.4, -0.2) is 65.5 Å². The summed E-state index contributed by atoms with van der Waals surface area (Å²) in [6.45, 7) is 11.3. The molecule has 2 aliphatic rings. The highest BCUT2D eigenvalue weighted by molar-refractivity contribution is 9.10. The SMILES string of the molecule is CC(=N)c1cc(Br)ccc1NC1CCN(C2CCN(C(=O)OC(C)(C)C)CC2)CC1. The number of carbonyl (C=O) groups excluding carboxylic acids is 1. The van der Waals surface area contributed by atoms with Crippen molar-refractivity contribution < 1.29 is 9.53 Å². The summed E-state index contributed by atoms with van der Waals surface area (Å²) in [7, 11) is 0. The van der Waals surface area contributed by atoms with Gasteiger partial charge in [0.2, 0.25) is 0 Å². The van der Waals surface area contributed by atoms with Crippen molar-refractivity contribution in [3.05, 3.63) is 28.2 Å². The molecule has 0 aromatic heterocycles. The Hall–Kier alpha value is -1.60. The molecular weight excluding hydrogens is 444 g/mol. The largest absolute Gasteiger partial charge is 0.444 e. The number of carbonyl (C=O) groups is 1. The molecule has 0 spiro atoms. The fourth-order valence-electron chi connectivity index (χ4n) is 4.32. The van der Waals surface area contributed by atoms with Gasteiger partial charge in [0.25, 0.3) is 0 Å². The summed E-state index contributed by atoms with van der Waals surface area (Å²) in [4.78, 5) is 16.7. The van der Waals surface area contributed by atoms with Crippen LogP contribution >= 0.6 is 15.9 Å². The predicted molar refractivity (Wildman–Crippen MR) is 126 cm³/mol. The van der Waals surface area contributed by atoms with Crippen molar-refractivity contribution in [1.82, 2.24) is 9.80 Å². The van der Waals surface area contributed by atoms with Crippen LogP contribution in [0.4, 0.5) is 10.5 Å². The van der Waals surface area contributed by atoms with Crippen LogP contribution in [-0.2, 0) is 4.74 Å². The number of halogens is 1. The molecule has 166 valence electrons. The van der Waals surface area contributed by atoms with Crippen molar-refractivity contribution in [3.8, 4) is 0 Å². The van der Waals surface area contributed by atoms with E-state index in [0.29, 0.717) is 17.8 Å². The highest BCUT2D eigenvalue weighted by atomic mass is 79.9. The zero-order chi connectivity index (χ0) is 21.9. The van der Waals surface area contributed by atoms with Gasteiger partial charge in [0.15, 0.2) is 0 Å². The normalized spacial score (nSPS) is 19.6. The minimum atomic E-state index is -0.437. The molecule has 2 fully saturated rings. The maximum atomic E-state index is 12.3. The Morgan fingerprint density at radius 3 is 2.33 bits per heavy atom. The topological polar surface area (TPSA) is 68.7 Å². The van der Waals surface area contributed by atoms with Crippen molar-refractivity contribution in [3.63, 3.8) is 0 Å². The third-order valence-corrected chi connectivity index (χ3v) is 6.40. The lowest BCUT2D eigenvalue weighted by atomic mass is 9.97. The van der Waals surface area contributed by atoms with Gasteiger partial charge in [-0.15, -0.1) is 0 Å². The first-order valence-corrected chi connectivity index (χ1v) is 11.8. The Morgan fingerprint density at radius 2 is 1.77 bits per heavy atom. The number of ether oxygens (including phenoxy) is 1. The molecule has 2 saturated heterocycles. The summed E-state index contributed by atoms with van der Waals surface area (Å²) in [6.07, 6.45) is 4.04. The third kappa shape index (κ3) is 6.20. The zero-order valence-electron chi connectivity index (χ0n) is 18.6. The zero-order valence-corrected chi connectivity index (χ0v) is 20.2.